The van der Waals surface area contributed by atoms with Crippen molar-refractivity contribution < 1.29 is 13.2 Å². The quantitative estimate of drug-likeness (QED) is 0.808. The SMILES string of the molecule is COC[C@@H]1CN(S(=O)(=O)c2c(C)nn(C)c2C)Cc2cncn2C1. The van der Waals surface area contributed by atoms with Crippen molar-refractivity contribution in [3.63, 3.8) is 0 Å². The molecule has 2 aromatic rings. The van der Waals surface area contributed by atoms with Crippen LogP contribution in [0.4, 0.5) is 0 Å². The fourth-order valence-corrected chi connectivity index (χ4v) is 5.18. The Morgan fingerprint density at radius 1 is 1.33 bits per heavy atom. The predicted octanol–water partition coefficient (Wildman–Crippen LogP) is 0.701. The third-order valence-electron chi connectivity index (χ3n) is 4.50. The van der Waals surface area contributed by atoms with Gasteiger partial charge in [0.05, 0.1) is 36.6 Å². The molecule has 0 saturated heterocycles. The molecule has 0 aliphatic carbocycles. The molecule has 0 radical (unpaired) electrons. The van der Waals surface area contributed by atoms with Gasteiger partial charge >= 0.3 is 0 Å². The fourth-order valence-electron chi connectivity index (χ4n) is 3.29. The molecule has 2 aromatic heterocycles. The van der Waals surface area contributed by atoms with Crippen LogP contribution in [-0.4, -0.2) is 52.3 Å². The highest BCUT2D eigenvalue weighted by Crippen LogP contribution is 2.27. The third kappa shape index (κ3) is 2.87. The fraction of sp³-hybridized carbons (Fsp3) is 0.600. The average Bonchev–Trinajstić information content (AvgIpc) is 2.98. The molecule has 24 heavy (non-hydrogen) atoms. The Morgan fingerprint density at radius 2 is 2.08 bits per heavy atom. The molecule has 9 heteroatoms. The first-order valence-electron chi connectivity index (χ1n) is 7.83. The minimum atomic E-state index is -3.64. The Hall–Kier alpha value is -1.71. The summed E-state index contributed by atoms with van der Waals surface area (Å²) in [5.41, 5.74) is 2.06. The first-order chi connectivity index (χ1) is 11.3. The molecule has 1 aliphatic heterocycles. The highest BCUT2D eigenvalue weighted by Gasteiger charge is 2.34. The lowest BCUT2D eigenvalue weighted by Crippen LogP contribution is -2.35. The summed E-state index contributed by atoms with van der Waals surface area (Å²) < 4.78 is 37.0. The number of hydrogen-bond donors (Lipinski definition) is 0. The van der Waals surface area contributed by atoms with Crippen molar-refractivity contribution in [2.24, 2.45) is 13.0 Å². The summed E-state index contributed by atoms with van der Waals surface area (Å²) in [4.78, 5) is 4.45. The van der Waals surface area contributed by atoms with Crippen LogP contribution in [0.3, 0.4) is 0 Å². The van der Waals surface area contributed by atoms with Gasteiger partial charge in [0.15, 0.2) is 0 Å². The second kappa shape index (κ2) is 6.30. The van der Waals surface area contributed by atoms with Crippen LogP contribution in [0.5, 0.6) is 0 Å². The molecule has 0 aromatic carbocycles. The van der Waals surface area contributed by atoms with Crippen LogP contribution < -0.4 is 0 Å². The molecule has 0 fully saturated rings. The van der Waals surface area contributed by atoms with Crippen LogP contribution in [0.15, 0.2) is 17.4 Å². The third-order valence-corrected chi connectivity index (χ3v) is 6.56. The zero-order valence-corrected chi connectivity index (χ0v) is 15.2. The van der Waals surface area contributed by atoms with Crippen molar-refractivity contribution in [3.8, 4) is 0 Å². The van der Waals surface area contributed by atoms with Gasteiger partial charge in [-0.1, -0.05) is 0 Å². The Labute approximate surface area is 142 Å². The Bertz CT molecular complexity index is 839. The molecule has 0 saturated carbocycles. The molecule has 1 atom stereocenters. The topological polar surface area (TPSA) is 82.2 Å². The highest BCUT2D eigenvalue weighted by molar-refractivity contribution is 7.89. The number of aromatic nitrogens is 4. The molecule has 0 spiro atoms. The van der Waals surface area contributed by atoms with Crippen molar-refractivity contribution in [2.45, 2.75) is 31.8 Å². The van der Waals surface area contributed by atoms with Crippen LogP contribution in [0.1, 0.15) is 17.1 Å². The van der Waals surface area contributed by atoms with Crippen molar-refractivity contribution in [2.75, 3.05) is 20.3 Å². The largest absolute Gasteiger partial charge is 0.384 e. The van der Waals surface area contributed by atoms with E-state index in [0.29, 0.717) is 42.5 Å². The highest BCUT2D eigenvalue weighted by atomic mass is 32.2. The van der Waals surface area contributed by atoms with Gasteiger partial charge in [0.25, 0.3) is 0 Å². The van der Waals surface area contributed by atoms with Gasteiger partial charge in [-0.3, -0.25) is 4.68 Å². The molecule has 132 valence electrons. The number of aryl methyl sites for hydroxylation is 2. The molecule has 0 bridgehead atoms. The zero-order valence-electron chi connectivity index (χ0n) is 14.4. The predicted molar refractivity (Wildman–Crippen MR) is 87.9 cm³/mol. The van der Waals surface area contributed by atoms with E-state index < -0.39 is 10.0 Å². The van der Waals surface area contributed by atoms with E-state index >= 15 is 0 Å². The van der Waals surface area contributed by atoms with Gasteiger partial charge in [-0.05, 0) is 13.8 Å². The van der Waals surface area contributed by atoms with Crippen molar-refractivity contribution in [1.29, 1.82) is 0 Å². The zero-order chi connectivity index (χ0) is 17.5. The van der Waals surface area contributed by atoms with E-state index in [9.17, 15) is 8.42 Å². The van der Waals surface area contributed by atoms with Crippen LogP contribution in [0.2, 0.25) is 0 Å². The smallest absolute Gasteiger partial charge is 0.247 e. The molecule has 0 unspecified atom stereocenters. The Kier molecular flexibility index (Phi) is 4.50. The maximum absolute atomic E-state index is 13.3. The van der Waals surface area contributed by atoms with Crippen LogP contribution in [-0.2, 0) is 34.9 Å². The second-order valence-electron chi connectivity index (χ2n) is 6.28. The van der Waals surface area contributed by atoms with E-state index in [1.807, 2.05) is 4.57 Å². The lowest BCUT2D eigenvalue weighted by molar-refractivity contribution is 0.134. The molecule has 0 N–H and O–H groups in total. The van der Waals surface area contributed by atoms with Gasteiger partial charge < -0.3 is 9.30 Å². The molecule has 3 rings (SSSR count). The van der Waals surface area contributed by atoms with Crippen LogP contribution >= 0.6 is 0 Å². The summed E-state index contributed by atoms with van der Waals surface area (Å²) in [5, 5.41) is 4.25. The number of nitrogens with zero attached hydrogens (tertiary/aromatic N) is 5. The number of fused-ring (bicyclic) bond motifs is 1. The standard InChI is InChI=1S/C15H23N5O3S/c1-11-15(12(2)18(3)17-11)24(21,22)20-7-13(9-23-4)6-19-10-16-5-14(19)8-20/h5,10,13H,6-9H2,1-4H3/t13-/m0/s1. The van der Waals surface area contributed by atoms with Gasteiger partial charge in [0.2, 0.25) is 10.0 Å². The number of hydrogen-bond acceptors (Lipinski definition) is 5. The van der Waals surface area contributed by atoms with E-state index in [1.165, 1.54) is 4.31 Å². The van der Waals surface area contributed by atoms with Gasteiger partial charge in [0, 0.05) is 39.4 Å². The summed E-state index contributed by atoms with van der Waals surface area (Å²) in [6, 6.07) is 0. The van der Waals surface area contributed by atoms with Crippen LogP contribution in [0.25, 0.3) is 0 Å². The van der Waals surface area contributed by atoms with Gasteiger partial charge in [-0.15, -0.1) is 0 Å². The summed E-state index contributed by atoms with van der Waals surface area (Å²) >= 11 is 0. The van der Waals surface area contributed by atoms with E-state index in [2.05, 4.69) is 10.1 Å². The van der Waals surface area contributed by atoms with Crippen molar-refractivity contribution in [3.05, 3.63) is 29.6 Å². The number of sulfonamides is 1. The van der Waals surface area contributed by atoms with Gasteiger partial charge in [0.1, 0.15) is 4.90 Å². The van der Waals surface area contributed by atoms with Crippen molar-refractivity contribution >= 4 is 10.0 Å². The average molecular weight is 353 g/mol. The van der Waals surface area contributed by atoms with Gasteiger partial charge in [-0.2, -0.15) is 9.40 Å². The summed E-state index contributed by atoms with van der Waals surface area (Å²) in [7, 11) is -0.255. The van der Waals surface area contributed by atoms with E-state index in [1.54, 1.807) is 45.2 Å². The number of imidazole rings is 1. The summed E-state index contributed by atoms with van der Waals surface area (Å²) in [5.74, 6) is 0.0671. The van der Waals surface area contributed by atoms with Gasteiger partial charge in [-0.25, -0.2) is 13.4 Å². The maximum atomic E-state index is 13.3. The first kappa shape index (κ1) is 17.1. The van der Waals surface area contributed by atoms with E-state index in [0.717, 1.165) is 5.69 Å². The monoisotopic (exact) mass is 353 g/mol. The second-order valence-corrected chi connectivity index (χ2v) is 8.15. The summed E-state index contributed by atoms with van der Waals surface area (Å²) in [6.07, 6.45) is 3.47. The molecule has 8 nitrogen and oxygen atoms in total. The van der Waals surface area contributed by atoms with E-state index in [4.69, 9.17) is 4.74 Å². The molecular weight excluding hydrogens is 330 g/mol. The molecular formula is C15H23N5O3S. The molecule has 1 aliphatic rings. The molecule has 3 heterocycles. The van der Waals surface area contributed by atoms with Crippen LogP contribution in [0, 0.1) is 19.8 Å². The Balaban J connectivity index is 2.03. The Morgan fingerprint density at radius 3 is 2.71 bits per heavy atom. The molecule has 0 amide bonds. The maximum Gasteiger partial charge on any atom is 0.247 e. The first-order valence-corrected chi connectivity index (χ1v) is 9.27. The number of methoxy groups -OCH3 is 1. The minimum absolute atomic E-state index is 0.0671. The normalized spacial score (nSPS) is 19.2. The minimum Gasteiger partial charge on any atom is -0.384 e. The summed E-state index contributed by atoms with van der Waals surface area (Å²) in [6.45, 7) is 5.41. The van der Waals surface area contributed by atoms with Crippen molar-refractivity contribution in [1.82, 2.24) is 23.6 Å². The lowest BCUT2D eigenvalue weighted by atomic mass is 10.1. The number of ether oxygens (including phenoxy) is 1. The van der Waals surface area contributed by atoms with E-state index in [-0.39, 0.29) is 5.92 Å². The number of rotatable bonds is 4. The lowest BCUT2D eigenvalue weighted by Gasteiger charge is -2.23.